The molecule has 0 aromatic rings. The Hall–Kier alpha value is -0.610. The zero-order chi connectivity index (χ0) is 13.7. The van der Waals surface area contributed by atoms with Gasteiger partial charge in [0.1, 0.15) is 0 Å². The van der Waals surface area contributed by atoms with Gasteiger partial charge in [0.15, 0.2) is 0 Å². The first-order chi connectivity index (χ1) is 9.22. The van der Waals surface area contributed by atoms with Gasteiger partial charge in [0, 0.05) is 12.6 Å². The summed E-state index contributed by atoms with van der Waals surface area (Å²) in [6, 6.07) is 0.618. The predicted octanol–water partition coefficient (Wildman–Crippen LogP) is 1.49. The van der Waals surface area contributed by atoms with Gasteiger partial charge in [0.2, 0.25) is 5.91 Å². The molecule has 2 fully saturated rings. The van der Waals surface area contributed by atoms with Crippen LogP contribution in [0.25, 0.3) is 0 Å². The molecule has 0 bridgehead atoms. The highest BCUT2D eigenvalue weighted by molar-refractivity contribution is 5.79. The van der Waals surface area contributed by atoms with Crippen LogP contribution in [0, 0.1) is 5.92 Å². The summed E-state index contributed by atoms with van der Waals surface area (Å²) < 4.78 is 0. The number of carbonyl (C=O) groups is 1. The van der Waals surface area contributed by atoms with Gasteiger partial charge in [-0.3, -0.25) is 4.79 Å². The van der Waals surface area contributed by atoms with Gasteiger partial charge in [-0.2, -0.15) is 0 Å². The first kappa shape index (κ1) is 14.8. The van der Waals surface area contributed by atoms with E-state index in [9.17, 15) is 4.79 Å². The summed E-state index contributed by atoms with van der Waals surface area (Å²) in [6.45, 7) is 5.05. The second-order valence-corrected chi connectivity index (χ2v) is 6.09. The van der Waals surface area contributed by atoms with E-state index in [2.05, 4.69) is 10.2 Å². The summed E-state index contributed by atoms with van der Waals surface area (Å²) in [5.74, 6) is 0.701. The molecule has 1 aliphatic heterocycles. The molecule has 2 aliphatic rings. The fourth-order valence-corrected chi connectivity index (χ4v) is 3.89. The normalized spacial score (nSPS) is 26.9. The van der Waals surface area contributed by atoms with E-state index in [1.165, 1.54) is 45.1 Å². The SMILES string of the molecule is CCNC(CCN1CCCC1C1CCCC1)C(N)=O. The summed E-state index contributed by atoms with van der Waals surface area (Å²) in [5.41, 5.74) is 5.44. The van der Waals surface area contributed by atoms with E-state index in [0.29, 0.717) is 0 Å². The summed E-state index contributed by atoms with van der Waals surface area (Å²) in [6.07, 6.45) is 9.18. The number of likely N-dealkylation sites (tertiary alicyclic amines) is 1. The number of nitrogens with two attached hydrogens (primary N) is 1. The van der Waals surface area contributed by atoms with Gasteiger partial charge in [-0.05, 0) is 51.1 Å². The average molecular weight is 267 g/mol. The van der Waals surface area contributed by atoms with Crippen LogP contribution in [0.4, 0.5) is 0 Å². The molecule has 110 valence electrons. The number of amides is 1. The van der Waals surface area contributed by atoms with E-state index in [0.717, 1.165) is 31.5 Å². The first-order valence-electron chi connectivity index (χ1n) is 7.99. The topological polar surface area (TPSA) is 58.4 Å². The lowest BCUT2D eigenvalue weighted by molar-refractivity contribution is -0.120. The number of likely N-dealkylation sites (N-methyl/N-ethyl adjacent to an activating group) is 1. The van der Waals surface area contributed by atoms with Crippen molar-refractivity contribution in [1.82, 2.24) is 10.2 Å². The van der Waals surface area contributed by atoms with Crippen LogP contribution in [0.15, 0.2) is 0 Å². The molecule has 3 N–H and O–H groups in total. The maximum Gasteiger partial charge on any atom is 0.234 e. The van der Waals surface area contributed by atoms with Crippen molar-refractivity contribution in [2.45, 2.75) is 64.0 Å². The van der Waals surface area contributed by atoms with Crippen LogP contribution in [-0.4, -0.2) is 42.5 Å². The number of hydrogen-bond donors (Lipinski definition) is 2. The molecule has 1 saturated carbocycles. The van der Waals surface area contributed by atoms with Crippen molar-refractivity contribution in [2.24, 2.45) is 11.7 Å². The van der Waals surface area contributed by atoms with Crippen LogP contribution >= 0.6 is 0 Å². The lowest BCUT2D eigenvalue weighted by Gasteiger charge is -2.30. The molecule has 0 aromatic heterocycles. The van der Waals surface area contributed by atoms with Gasteiger partial charge >= 0.3 is 0 Å². The second kappa shape index (κ2) is 7.25. The number of primary amides is 1. The third kappa shape index (κ3) is 3.93. The van der Waals surface area contributed by atoms with E-state index in [4.69, 9.17) is 5.73 Å². The Morgan fingerprint density at radius 2 is 2.05 bits per heavy atom. The van der Waals surface area contributed by atoms with Crippen molar-refractivity contribution in [2.75, 3.05) is 19.6 Å². The summed E-state index contributed by atoms with van der Waals surface area (Å²) >= 11 is 0. The standard InChI is InChI=1S/C15H29N3O/c1-2-17-13(15(16)19)9-11-18-10-5-8-14(18)12-6-3-4-7-12/h12-14,17H,2-11H2,1H3,(H2,16,19). The molecule has 1 aliphatic carbocycles. The predicted molar refractivity (Wildman–Crippen MR) is 77.8 cm³/mol. The van der Waals surface area contributed by atoms with E-state index >= 15 is 0 Å². The zero-order valence-corrected chi connectivity index (χ0v) is 12.2. The van der Waals surface area contributed by atoms with Gasteiger partial charge in [0.05, 0.1) is 6.04 Å². The number of hydrogen-bond acceptors (Lipinski definition) is 3. The van der Waals surface area contributed by atoms with E-state index in [-0.39, 0.29) is 11.9 Å². The first-order valence-corrected chi connectivity index (χ1v) is 7.99. The van der Waals surface area contributed by atoms with Crippen molar-refractivity contribution < 1.29 is 4.79 Å². The van der Waals surface area contributed by atoms with Crippen LogP contribution in [0.3, 0.4) is 0 Å². The van der Waals surface area contributed by atoms with Crippen LogP contribution in [0.2, 0.25) is 0 Å². The molecular formula is C15H29N3O. The highest BCUT2D eigenvalue weighted by Gasteiger charge is 2.33. The van der Waals surface area contributed by atoms with Gasteiger partial charge in [-0.25, -0.2) is 0 Å². The minimum absolute atomic E-state index is 0.158. The van der Waals surface area contributed by atoms with Crippen molar-refractivity contribution in [3.05, 3.63) is 0 Å². The van der Waals surface area contributed by atoms with Crippen molar-refractivity contribution >= 4 is 5.91 Å². The Kier molecular flexibility index (Phi) is 5.64. The summed E-state index contributed by atoms with van der Waals surface area (Å²) in [5, 5.41) is 3.19. The minimum atomic E-state index is -0.210. The number of nitrogens with one attached hydrogen (secondary N) is 1. The average Bonchev–Trinajstić information content (AvgIpc) is 3.03. The fourth-order valence-electron chi connectivity index (χ4n) is 3.89. The molecule has 1 saturated heterocycles. The van der Waals surface area contributed by atoms with Gasteiger partial charge in [0.25, 0.3) is 0 Å². The van der Waals surface area contributed by atoms with Crippen molar-refractivity contribution in [1.29, 1.82) is 0 Å². The molecule has 2 rings (SSSR count). The van der Waals surface area contributed by atoms with Crippen LogP contribution in [-0.2, 0) is 4.79 Å². The molecule has 2 unspecified atom stereocenters. The van der Waals surface area contributed by atoms with Gasteiger partial charge in [-0.1, -0.05) is 19.8 Å². The van der Waals surface area contributed by atoms with Gasteiger partial charge in [-0.15, -0.1) is 0 Å². The van der Waals surface area contributed by atoms with Gasteiger partial charge < -0.3 is 16.0 Å². The second-order valence-electron chi connectivity index (χ2n) is 6.09. The minimum Gasteiger partial charge on any atom is -0.368 e. The maximum atomic E-state index is 11.4. The molecule has 19 heavy (non-hydrogen) atoms. The monoisotopic (exact) mass is 267 g/mol. The highest BCUT2D eigenvalue weighted by atomic mass is 16.1. The molecule has 0 aromatic carbocycles. The highest BCUT2D eigenvalue weighted by Crippen LogP contribution is 2.35. The molecule has 1 heterocycles. The maximum absolute atomic E-state index is 11.4. The van der Waals surface area contributed by atoms with Crippen molar-refractivity contribution in [3.63, 3.8) is 0 Å². The smallest absolute Gasteiger partial charge is 0.234 e. The third-order valence-corrected chi connectivity index (χ3v) is 4.86. The van der Waals surface area contributed by atoms with Crippen molar-refractivity contribution in [3.8, 4) is 0 Å². The Labute approximate surface area is 117 Å². The Morgan fingerprint density at radius 3 is 2.68 bits per heavy atom. The molecule has 1 amide bonds. The lowest BCUT2D eigenvalue weighted by Crippen LogP contribution is -2.44. The summed E-state index contributed by atoms with van der Waals surface area (Å²) in [7, 11) is 0. The lowest BCUT2D eigenvalue weighted by atomic mass is 9.96. The third-order valence-electron chi connectivity index (χ3n) is 4.86. The van der Waals surface area contributed by atoms with E-state index < -0.39 is 0 Å². The largest absolute Gasteiger partial charge is 0.368 e. The van der Waals surface area contributed by atoms with E-state index in [1.54, 1.807) is 0 Å². The zero-order valence-electron chi connectivity index (χ0n) is 12.2. The molecule has 0 radical (unpaired) electrons. The van der Waals surface area contributed by atoms with E-state index in [1.807, 2.05) is 6.92 Å². The van der Waals surface area contributed by atoms with Crippen LogP contribution in [0.5, 0.6) is 0 Å². The number of nitrogens with zero attached hydrogens (tertiary/aromatic N) is 1. The number of carbonyl (C=O) groups excluding carboxylic acids is 1. The fraction of sp³-hybridized carbons (Fsp3) is 0.933. The summed E-state index contributed by atoms with van der Waals surface area (Å²) in [4.78, 5) is 14.0. The molecule has 0 spiro atoms. The molecular weight excluding hydrogens is 238 g/mol. The number of rotatable bonds is 7. The molecule has 4 heteroatoms. The Morgan fingerprint density at radius 1 is 1.32 bits per heavy atom. The Balaban J connectivity index is 1.81. The Bertz CT molecular complexity index is 289. The quantitative estimate of drug-likeness (QED) is 0.735. The van der Waals surface area contributed by atoms with Crippen LogP contribution in [0.1, 0.15) is 51.9 Å². The van der Waals surface area contributed by atoms with Crippen LogP contribution < -0.4 is 11.1 Å². The molecule has 4 nitrogen and oxygen atoms in total. The molecule has 2 atom stereocenters.